The number of benzene rings is 3. The molecule has 0 saturated carbocycles. The number of aromatic nitrogens is 3. The first-order chi connectivity index (χ1) is 17.7. The van der Waals surface area contributed by atoms with Crippen LogP contribution in [0.1, 0.15) is 39.5 Å². The van der Waals surface area contributed by atoms with Crippen LogP contribution in [-0.4, -0.2) is 28.0 Å². The van der Waals surface area contributed by atoms with E-state index in [1.165, 1.54) is 0 Å². The van der Waals surface area contributed by atoms with Crippen molar-refractivity contribution in [3.8, 4) is 11.4 Å². The molecule has 0 saturated heterocycles. The Labute approximate surface area is 213 Å². The largest absolute Gasteiger partial charge is 0.385 e. The first kappa shape index (κ1) is 25.0. The number of unbranched alkanes of at least 4 members (excludes halogenated alkanes) is 2. The molecule has 0 aliphatic rings. The van der Waals surface area contributed by atoms with E-state index in [4.69, 9.17) is 9.97 Å². The molecule has 186 valence electrons. The predicted molar refractivity (Wildman–Crippen MR) is 152 cm³/mol. The number of nitrogens with one attached hydrogen (secondary N) is 4. The van der Waals surface area contributed by atoms with E-state index in [0.717, 1.165) is 67.1 Å². The molecule has 0 amide bonds. The summed E-state index contributed by atoms with van der Waals surface area (Å²) in [5, 5.41) is 13.7. The summed E-state index contributed by atoms with van der Waals surface area (Å²) in [7, 11) is 0. The Hall–Kier alpha value is -4.13. The first-order valence-corrected chi connectivity index (χ1v) is 12.8. The normalized spacial score (nSPS) is 10.6. The lowest BCUT2D eigenvalue weighted by atomic mass is 10.2. The maximum atomic E-state index is 4.71. The van der Waals surface area contributed by atoms with Crippen molar-refractivity contribution in [2.24, 2.45) is 0 Å². The van der Waals surface area contributed by atoms with Gasteiger partial charge in [-0.3, -0.25) is 0 Å². The molecule has 1 heterocycles. The summed E-state index contributed by atoms with van der Waals surface area (Å²) in [6.45, 7) is 6.28. The van der Waals surface area contributed by atoms with Crippen LogP contribution in [0.4, 0.5) is 34.6 Å². The highest BCUT2D eigenvalue weighted by Crippen LogP contribution is 2.24. The van der Waals surface area contributed by atoms with Crippen molar-refractivity contribution in [1.82, 2.24) is 15.0 Å². The Morgan fingerprint density at radius 1 is 0.556 bits per heavy atom. The first-order valence-electron chi connectivity index (χ1n) is 12.8. The van der Waals surface area contributed by atoms with Crippen LogP contribution in [0.3, 0.4) is 0 Å². The number of hydrogen-bond acceptors (Lipinski definition) is 7. The fraction of sp³-hybridized carbons (Fsp3) is 0.276. The molecular weight excluding hydrogens is 446 g/mol. The lowest BCUT2D eigenvalue weighted by Crippen LogP contribution is -2.06. The molecule has 0 aliphatic carbocycles. The van der Waals surface area contributed by atoms with Crippen LogP contribution < -0.4 is 21.3 Å². The molecule has 0 unspecified atom stereocenters. The van der Waals surface area contributed by atoms with Crippen molar-refractivity contribution in [3.63, 3.8) is 0 Å². The molecule has 0 atom stereocenters. The van der Waals surface area contributed by atoms with Crippen LogP contribution in [0.15, 0.2) is 78.9 Å². The molecule has 7 nitrogen and oxygen atoms in total. The Morgan fingerprint density at radius 2 is 1.06 bits per heavy atom. The molecule has 0 aliphatic heterocycles. The number of nitrogens with zero attached hydrogens (tertiary/aromatic N) is 3. The van der Waals surface area contributed by atoms with Crippen LogP contribution in [0.2, 0.25) is 0 Å². The maximum Gasteiger partial charge on any atom is 0.232 e. The third-order valence-corrected chi connectivity index (χ3v) is 5.62. The average Bonchev–Trinajstić information content (AvgIpc) is 2.90. The van der Waals surface area contributed by atoms with Crippen molar-refractivity contribution in [2.45, 2.75) is 39.5 Å². The average molecular weight is 482 g/mol. The van der Waals surface area contributed by atoms with Gasteiger partial charge in [0.1, 0.15) is 0 Å². The van der Waals surface area contributed by atoms with Gasteiger partial charge in [0, 0.05) is 41.4 Å². The smallest absolute Gasteiger partial charge is 0.232 e. The molecule has 4 rings (SSSR count). The van der Waals surface area contributed by atoms with E-state index in [-0.39, 0.29) is 0 Å². The third-order valence-electron chi connectivity index (χ3n) is 5.62. The lowest BCUT2D eigenvalue weighted by Gasteiger charge is -2.13. The monoisotopic (exact) mass is 481 g/mol. The summed E-state index contributed by atoms with van der Waals surface area (Å²) in [5.41, 5.74) is 4.88. The zero-order valence-corrected chi connectivity index (χ0v) is 21.1. The molecule has 3 aromatic carbocycles. The lowest BCUT2D eigenvalue weighted by molar-refractivity contribution is 0.834. The topological polar surface area (TPSA) is 86.8 Å². The summed E-state index contributed by atoms with van der Waals surface area (Å²) in [4.78, 5) is 14.1. The summed E-state index contributed by atoms with van der Waals surface area (Å²) in [6, 6.07) is 26.3. The van der Waals surface area contributed by atoms with Gasteiger partial charge < -0.3 is 21.3 Å². The van der Waals surface area contributed by atoms with Crippen LogP contribution in [-0.2, 0) is 0 Å². The highest BCUT2D eigenvalue weighted by molar-refractivity contribution is 5.66. The van der Waals surface area contributed by atoms with Crippen molar-refractivity contribution in [2.75, 3.05) is 34.4 Å². The SMILES string of the molecule is CCCCNc1cccc(Nc2nc(Nc3cccc(NCCCC)c3)nc(-c3ccccc3)n2)c1. The van der Waals surface area contributed by atoms with E-state index in [1.54, 1.807) is 0 Å². The van der Waals surface area contributed by atoms with Gasteiger partial charge in [-0.25, -0.2) is 0 Å². The Morgan fingerprint density at radius 3 is 1.56 bits per heavy atom. The van der Waals surface area contributed by atoms with Gasteiger partial charge in [0.05, 0.1) is 0 Å². The number of anilines is 6. The summed E-state index contributed by atoms with van der Waals surface area (Å²) in [6.07, 6.45) is 4.59. The standard InChI is InChI=1S/C29H35N7/c1-3-5-18-30-23-14-10-16-25(20-23)32-28-34-27(22-12-8-7-9-13-22)35-29(36-28)33-26-17-11-15-24(21-26)31-19-6-4-2/h7-17,20-21,30-31H,3-6,18-19H2,1-2H3,(H2,32,33,34,35,36). The molecule has 36 heavy (non-hydrogen) atoms. The predicted octanol–water partition coefficient (Wildman–Crippen LogP) is 7.45. The Bertz CT molecular complexity index is 1150. The van der Waals surface area contributed by atoms with Gasteiger partial charge in [-0.05, 0) is 49.2 Å². The highest BCUT2D eigenvalue weighted by atomic mass is 15.2. The molecule has 7 heteroatoms. The molecular formula is C29H35N7. The van der Waals surface area contributed by atoms with E-state index < -0.39 is 0 Å². The van der Waals surface area contributed by atoms with Gasteiger partial charge >= 0.3 is 0 Å². The minimum atomic E-state index is 0.481. The molecule has 0 radical (unpaired) electrons. The number of rotatable bonds is 13. The summed E-state index contributed by atoms with van der Waals surface area (Å²) < 4.78 is 0. The van der Waals surface area contributed by atoms with Crippen LogP contribution >= 0.6 is 0 Å². The van der Waals surface area contributed by atoms with E-state index in [9.17, 15) is 0 Å². The van der Waals surface area contributed by atoms with Crippen molar-refractivity contribution in [1.29, 1.82) is 0 Å². The zero-order valence-electron chi connectivity index (χ0n) is 21.1. The Kier molecular flexibility index (Phi) is 9.08. The fourth-order valence-corrected chi connectivity index (χ4v) is 3.70. The molecule has 0 fully saturated rings. The van der Waals surface area contributed by atoms with Gasteiger partial charge in [0.15, 0.2) is 5.82 Å². The van der Waals surface area contributed by atoms with Crippen LogP contribution in [0, 0.1) is 0 Å². The van der Waals surface area contributed by atoms with Gasteiger partial charge in [-0.2, -0.15) is 15.0 Å². The number of hydrogen-bond donors (Lipinski definition) is 4. The third kappa shape index (κ3) is 7.43. The van der Waals surface area contributed by atoms with Gasteiger partial charge in [-0.1, -0.05) is 69.2 Å². The van der Waals surface area contributed by atoms with E-state index in [2.05, 4.69) is 64.4 Å². The second-order valence-corrected chi connectivity index (χ2v) is 8.64. The molecule has 4 aromatic rings. The molecule has 4 N–H and O–H groups in total. The minimum Gasteiger partial charge on any atom is -0.385 e. The zero-order chi connectivity index (χ0) is 25.0. The van der Waals surface area contributed by atoms with E-state index >= 15 is 0 Å². The fourth-order valence-electron chi connectivity index (χ4n) is 3.70. The quantitative estimate of drug-likeness (QED) is 0.148. The van der Waals surface area contributed by atoms with Crippen LogP contribution in [0.25, 0.3) is 11.4 Å². The second-order valence-electron chi connectivity index (χ2n) is 8.64. The van der Waals surface area contributed by atoms with Crippen molar-refractivity contribution >= 4 is 34.6 Å². The molecule has 1 aromatic heterocycles. The maximum absolute atomic E-state index is 4.71. The van der Waals surface area contributed by atoms with Gasteiger partial charge in [-0.15, -0.1) is 0 Å². The van der Waals surface area contributed by atoms with E-state index in [1.807, 2.05) is 54.6 Å². The van der Waals surface area contributed by atoms with Gasteiger partial charge in [0.25, 0.3) is 0 Å². The van der Waals surface area contributed by atoms with Gasteiger partial charge in [0.2, 0.25) is 11.9 Å². The van der Waals surface area contributed by atoms with Crippen molar-refractivity contribution in [3.05, 3.63) is 78.9 Å². The highest BCUT2D eigenvalue weighted by Gasteiger charge is 2.10. The Balaban J connectivity index is 1.58. The van der Waals surface area contributed by atoms with Crippen molar-refractivity contribution < 1.29 is 0 Å². The molecule has 0 spiro atoms. The summed E-state index contributed by atoms with van der Waals surface area (Å²) in [5.74, 6) is 1.56. The van der Waals surface area contributed by atoms with E-state index in [0.29, 0.717) is 17.7 Å². The summed E-state index contributed by atoms with van der Waals surface area (Å²) >= 11 is 0. The molecule has 0 bridgehead atoms. The minimum absolute atomic E-state index is 0.481. The second kappa shape index (κ2) is 13.1. The van der Waals surface area contributed by atoms with Crippen LogP contribution in [0.5, 0.6) is 0 Å².